The molecule has 0 unspecified atom stereocenters. The highest BCUT2D eigenvalue weighted by molar-refractivity contribution is 7.92. The predicted molar refractivity (Wildman–Crippen MR) is 117 cm³/mol. The van der Waals surface area contributed by atoms with Gasteiger partial charge in [0.25, 0.3) is 0 Å². The molecule has 0 saturated carbocycles. The highest BCUT2D eigenvalue weighted by atomic mass is 32.2. The number of pyridine rings is 1. The quantitative estimate of drug-likeness (QED) is 0.356. The Morgan fingerprint density at radius 2 is 1.94 bits per heavy atom. The molecule has 4 rings (SSSR count). The number of hydrogen-bond donors (Lipinski definition) is 1. The van der Waals surface area contributed by atoms with Crippen molar-refractivity contribution in [1.29, 1.82) is 0 Å². The molecule has 0 aliphatic heterocycles. The topological polar surface area (TPSA) is 106 Å². The van der Waals surface area contributed by atoms with Crippen molar-refractivity contribution in [2.75, 3.05) is 10.5 Å². The molecule has 3 aromatic heterocycles. The van der Waals surface area contributed by atoms with Gasteiger partial charge in [-0.15, -0.1) is 12.3 Å². The van der Waals surface area contributed by atoms with Crippen molar-refractivity contribution in [2.24, 2.45) is 0 Å². The first-order chi connectivity index (χ1) is 15.0. The Balaban J connectivity index is 1.71. The fourth-order valence-electron chi connectivity index (χ4n) is 3.09. The lowest BCUT2D eigenvalue weighted by Crippen LogP contribution is -2.16. The zero-order valence-electron chi connectivity index (χ0n) is 16.3. The second-order valence-corrected chi connectivity index (χ2v) is 8.49. The van der Waals surface area contributed by atoms with E-state index in [1.165, 1.54) is 6.20 Å². The first-order valence-corrected chi connectivity index (χ1v) is 11.0. The fourth-order valence-corrected chi connectivity index (χ4v) is 4.07. The molecule has 9 heteroatoms. The summed E-state index contributed by atoms with van der Waals surface area (Å²) in [6, 6.07) is 11.9. The van der Waals surface area contributed by atoms with Crippen molar-refractivity contribution >= 4 is 27.1 Å². The van der Waals surface area contributed by atoms with Crippen LogP contribution < -0.4 is 4.72 Å². The van der Waals surface area contributed by atoms with Gasteiger partial charge in [0.05, 0.1) is 23.2 Å². The van der Waals surface area contributed by atoms with Crippen LogP contribution in [0.1, 0.15) is 22.3 Å². The molecular weight excluding hydrogens is 414 g/mol. The highest BCUT2D eigenvalue weighted by Gasteiger charge is 2.18. The minimum absolute atomic E-state index is 0.127. The monoisotopic (exact) mass is 431 g/mol. The summed E-state index contributed by atoms with van der Waals surface area (Å²) in [5.41, 5.74) is 3.01. The number of rotatable bonds is 7. The summed E-state index contributed by atoms with van der Waals surface area (Å²) < 4.78 is 28.4. The Labute approximate surface area is 179 Å². The summed E-state index contributed by atoms with van der Waals surface area (Å²) in [4.78, 5) is 21.1. The number of sulfonamides is 1. The van der Waals surface area contributed by atoms with Gasteiger partial charge >= 0.3 is 0 Å². The van der Waals surface area contributed by atoms with Crippen LogP contribution in [0.5, 0.6) is 0 Å². The molecule has 0 radical (unpaired) electrons. The van der Waals surface area contributed by atoms with Gasteiger partial charge in [0.1, 0.15) is 0 Å². The van der Waals surface area contributed by atoms with Gasteiger partial charge in [0.15, 0.2) is 11.4 Å². The van der Waals surface area contributed by atoms with Gasteiger partial charge in [0, 0.05) is 41.8 Å². The number of hydrogen-bond acceptors (Lipinski definition) is 6. The number of terminal acetylenes is 1. The van der Waals surface area contributed by atoms with E-state index in [0.29, 0.717) is 33.7 Å². The van der Waals surface area contributed by atoms with E-state index in [0.717, 1.165) is 0 Å². The van der Waals surface area contributed by atoms with E-state index < -0.39 is 10.0 Å². The van der Waals surface area contributed by atoms with Gasteiger partial charge in [-0.1, -0.05) is 12.1 Å². The number of carbonyl (C=O) groups excluding carboxylic acids is 1. The maximum Gasteiger partial charge on any atom is 0.233 e. The Kier molecular flexibility index (Phi) is 5.47. The van der Waals surface area contributed by atoms with E-state index in [1.807, 2.05) is 6.07 Å². The Bertz CT molecular complexity index is 1410. The smallest absolute Gasteiger partial charge is 0.233 e. The third-order valence-electron chi connectivity index (χ3n) is 4.54. The maximum atomic E-state index is 12.9. The molecule has 0 atom stereocenters. The normalized spacial score (nSPS) is 11.2. The number of nitrogens with zero attached hydrogens (tertiary/aromatic N) is 4. The number of aromatic nitrogens is 4. The number of anilines is 1. The molecule has 0 saturated heterocycles. The van der Waals surface area contributed by atoms with Crippen molar-refractivity contribution in [3.05, 3.63) is 78.4 Å². The number of carbonyl (C=O) groups is 1. The van der Waals surface area contributed by atoms with E-state index in [-0.39, 0.29) is 18.0 Å². The van der Waals surface area contributed by atoms with Crippen molar-refractivity contribution in [3.63, 3.8) is 0 Å². The van der Waals surface area contributed by atoms with Crippen LogP contribution in [0.15, 0.2) is 67.3 Å². The molecule has 31 heavy (non-hydrogen) atoms. The maximum absolute atomic E-state index is 12.9. The van der Waals surface area contributed by atoms with E-state index in [4.69, 9.17) is 6.42 Å². The van der Waals surface area contributed by atoms with Gasteiger partial charge in [-0.2, -0.15) is 5.10 Å². The first kappa shape index (κ1) is 20.3. The minimum atomic E-state index is -3.55. The molecular formula is C22H17N5O3S. The minimum Gasteiger partial charge on any atom is -0.288 e. The average Bonchev–Trinajstić information content (AvgIpc) is 3.22. The largest absolute Gasteiger partial charge is 0.288 e. The molecule has 1 N–H and O–H groups in total. The van der Waals surface area contributed by atoms with Crippen molar-refractivity contribution in [2.45, 2.75) is 6.42 Å². The van der Waals surface area contributed by atoms with Gasteiger partial charge in [0.2, 0.25) is 10.0 Å². The molecule has 0 spiro atoms. The van der Waals surface area contributed by atoms with Gasteiger partial charge in [-0.25, -0.2) is 17.9 Å². The zero-order valence-corrected chi connectivity index (χ0v) is 17.1. The lowest BCUT2D eigenvalue weighted by molar-refractivity contribution is 0.104. The fraction of sp³-hybridized carbons (Fsp3) is 0.0909. The number of fused-ring (bicyclic) bond motifs is 1. The van der Waals surface area contributed by atoms with Gasteiger partial charge in [-0.3, -0.25) is 14.5 Å². The number of ketones is 1. The van der Waals surface area contributed by atoms with Crippen LogP contribution in [0.2, 0.25) is 0 Å². The van der Waals surface area contributed by atoms with Crippen molar-refractivity contribution in [3.8, 4) is 23.6 Å². The van der Waals surface area contributed by atoms with Crippen molar-refractivity contribution < 1.29 is 13.2 Å². The predicted octanol–water partition coefficient (Wildman–Crippen LogP) is 2.79. The van der Waals surface area contributed by atoms with Crippen LogP contribution in [0.3, 0.4) is 0 Å². The van der Waals surface area contributed by atoms with E-state index in [9.17, 15) is 13.2 Å². The molecule has 1 aromatic carbocycles. The van der Waals surface area contributed by atoms with Crippen LogP contribution in [0.25, 0.3) is 16.9 Å². The second kappa shape index (κ2) is 8.38. The summed E-state index contributed by atoms with van der Waals surface area (Å²) in [6.07, 6.45) is 11.4. The van der Waals surface area contributed by atoms with E-state index in [1.54, 1.807) is 59.5 Å². The second-order valence-electron chi connectivity index (χ2n) is 6.64. The van der Waals surface area contributed by atoms with Crippen LogP contribution in [0.4, 0.5) is 5.69 Å². The molecule has 0 aliphatic rings. The van der Waals surface area contributed by atoms with Crippen LogP contribution in [-0.2, 0) is 10.0 Å². The molecule has 154 valence electrons. The standard InChI is InChI=1S/C22H17N5O3S/c1-2-3-13-31(29,30)26-18-6-4-5-17(14-18)20-9-12-24-22-19(15-25-27(20)22)21(28)16-7-10-23-11-8-16/h1,4-12,14-15,26H,3,13H2. The third-order valence-corrected chi connectivity index (χ3v) is 5.82. The molecule has 0 fully saturated rings. The molecule has 0 aliphatic carbocycles. The molecule has 8 nitrogen and oxygen atoms in total. The molecule has 4 aromatic rings. The van der Waals surface area contributed by atoms with Crippen LogP contribution in [0, 0.1) is 12.3 Å². The van der Waals surface area contributed by atoms with Crippen LogP contribution >= 0.6 is 0 Å². The van der Waals surface area contributed by atoms with Gasteiger partial charge in [-0.05, 0) is 30.3 Å². The van der Waals surface area contributed by atoms with Gasteiger partial charge < -0.3 is 0 Å². The summed E-state index contributed by atoms with van der Waals surface area (Å²) >= 11 is 0. The zero-order chi connectivity index (χ0) is 21.8. The molecule has 0 amide bonds. The van der Waals surface area contributed by atoms with E-state index >= 15 is 0 Å². The lowest BCUT2D eigenvalue weighted by atomic mass is 10.1. The number of benzene rings is 1. The summed E-state index contributed by atoms with van der Waals surface area (Å²) in [6.45, 7) is 0. The third kappa shape index (κ3) is 4.29. The molecule has 0 bridgehead atoms. The lowest BCUT2D eigenvalue weighted by Gasteiger charge is -2.10. The SMILES string of the molecule is C#CCCS(=O)(=O)Nc1cccc(-c2ccnc3c(C(=O)c4ccncc4)cnn23)c1. The molecule has 3 heterocycles. The first-order valence-electron chi connectivity index (χ1n) is 9.30. The average molecular weight is 431 g/mol. The number of nitrogens with one attached hydrogen (secondary N) is 1. The highest BCUT2D eigenvalue weighted by Crippen LogP contribution is 2.25. The Hall–Kier alpha value is -4.03. The summed E-state index contributed by atoms with van der Waals surface area (Å²) in [7, 11) is -3.55. The Morgan fingerprint density at radius 3 is 2.71 bits per heavy atom. The summed E-state index contributed by atoms with van der Waals surface area (Å²) in [5.74, 6) is 1.95. The van der Waals surface area contributed by atoms with Crippen molar-refractivity contribution in [1.82, 2.24) is 19.6 Å². The van der Waals surface area contributed by atoms with Crippen LogP contribution in [-0.4, -0.2) is 39.5 Å². The summed E-state index contributed by atoms with van der Waals surface area (Å²) in [5, 5.41) is 4.34. The Morgan fingerprint density at radius 1 is 1.13 bits per heavy atom. The van der Waals surface area contributed by atoms with E-state index in [2.05, 4.69) is 25.7 Å².